The normalized spacial score (nSPS) is 16.5. The number of halogens is 2. The molecule has 0 aromatic heterocycles. The molecule has 23 heavy (non-hydrogen) atoms. The summed E-state index contributed by atoms with van der Waals surface area (Å²) < 4.78 is 37.8. The van der Waals surface area contributed by atoms with Crippen LogP contribution >= 0.6 is 0 Å². The molecular formula is C17H15F2NO3. The van der Waals surface area contributed by atoms with E-state index in [1.165, 1.54) is 26.4 Å². The highest BCUT2D eigenvalue weighted by molar-refractivity contribution is 5.96. The third-order valence-corrected chi connectivity index (χ3v) is 3.93. The van der Waals surface area contributed by atoms with Gasteiger partial charge in [-0.05, 0) is 23.3 Å². The van der Waals surface area contributed by atoms with Gasteiger partial charge in [0.05, 0.1) is 14.2 Å². The van der Waals surface area contributed by atoms with Crippen LogP contribution in [0.4, 0.5) is 14.5 Å². The smallest absolute Gasteiger partial charge is 0.225 e. The number of anilines is 1. The second kappa shape index (κ2) is 5.87. The number of methoxy groups -OCH3 is 2. The zero-order chi connectivity index (χ0) is 16.6. The molecule has 0 spiro atoms. The SMILES string of the molecule is COc1cc2c(cc1OC)[C@@H](c1ccc(F)cc1F)CC(=O)N2. The number of hydrogen-bond donors (Lipinski definition) is 1. The molecule has 1 amide bonds. The second-order valence-electron chi connectivity index (χ2n) is 5.27. The first-order valence-corrected chi connectivity index (χ1v) is 7.04. The Kier molecular flexibility index (Phi) is 3.90. The molecule has 1 atom stereocenters. The van der Waals surface area contributed by atoms with Crippen molar-refractivity contribution in [2.24, 2.45) is 0 Å². The molecule has 0 unspecified atom stereocenters. The molecule has 1 N–H and O–H groups in total. The molecule has 0 fully saturated rings. The lowest BCUT2D eigenvalue weighted by molar-refractivity contribution is -0.116. The third-order valence-electron chi connectivity index (χ3n) is 3.93. The number of benzene rings is 2. The summed E-state index contributed by atoms with van der Waals surface area (Å²) in [6, 6.07) is 6.72. The minimum Gasteiger partial charge on any atom is -0.493 e. The lowest BCUT2D eigenvalue weighted by atomic mass is 9.84. The van der Waals surface area contributed by atoms with E-state index in [1.54, 1.807) is 12.1 Å². The van der Waals surface area contributed by atoms with Crippen molar-refractivity contribution in [3.8, 4) is 11.5 Å². The molecule has 3 rings (SSSR count). The van der Waals surface area contributed by atoms with Gasteiger partial charge in [0.2, 0.25) is 5.91 Å². The van der Waals surface area contributed by atoms with Gasteiger partial charge in [-0.15, -0.1) is 0 Å². The molecule has 1 aliphatic rings. The molecule has 0 saturated heterocycles. The Labute approximate surface area is 132 Å². The number of carbonyl (C=O) groups is 1. The van der Waals surface area contributed by atoms with Crippen molar-refractivity contribution in [1.29, 1.82) is 0 Å². The average molecular weight is 319 g/mol. The minimum atomic E-state index is -0.676. The van der Waals surface area contributed by atoms with Crippen molar-refractivity contribution < 1.29 is 23.0 Å². The molecule has 4 nitrogen and oxygen atoms in total. The largest absolute Gasteiger partial charge is 0.493 e. The van der Waals surface area contributed by atoms with E-state index in [2.05, 4.69) is 5.32 Å². The number of carbonyl (C=O) groups excluding carboxylic acids is 1. The van der Waals surface area contributed by atoms with Crippen molar-refractivity contribution >= 4 is 11.6 Å². The van der Waals surface area contributed by atoms with Crippen molar-refractivity contribution in [2.75, 3.05) is 19.5 Å². The lowest BCUT2D eigenvalue weighted by Crippen LogP contribution is -2.24. The number of hydrogen-bond acceptors (Lipinski definition) is 3. The average Bonchev–Trinajstić information content (AvgIpc) is 2.53. The Bertz CT molecular complexity index is 777. The first-order valence-electron chi connectivity index (χ1n) is 7.04. The zero-order valence-electron chi connectivity index (χ0n) is 12.7. The topological polar surface area (TPSA) is 47.6 Å². The summed E-state index contributed by atoms with van der Waals surface area (Å²) in [5.74, 6) is -1.14. The number of fused-ring (bicyclic) bond motifs is 1. The maximum Gasteiger partial charge on any atom is 0.225 e. The predicted octanol–water partition coefficient (Wildman–Crippen LogP) is 3.46. The van der Waals surface area contributed by atoms with E-state index in [0.29, 0.717) is 22.7 Å². The summed E-state index contributed by atoms with van der Waals surface area (Å²) in [4.78, 5) is 12.0. The monoisotopic (exact) mass is 319 g/mol. The van der Waals surface area contributed by atoms with Gasteiger partial charge in [-0.2, -0.15) is 0 Å². The Morgan fingerprint density at radius 1 is 1.04 bits per heavy atom. The van der Waals surface area contributed by atoms with Crippen LogP contribution in [0.15, 0.2) is 30.3 Å². The van der Waals surface area contributed by atoms with Crippen molar-refractivity contribution in [1.82, 2.24) is 0 Å². The van der Waals surface area contributed by atoms with Crippen molar-refractivity contribution in [3.63, 3.8) is 0 Å². The van der Waals surface area contributed by atoms with Crippen LogP contribution in [0.5, 0.6) is 11.5 Å². The van der Waals surface area contributed by atoms with Crippen LogP contribution in [0.1, 0.15) is 23.5 Å². The van der Waals surface area contributed by atoms with E-state index >= 15 is 0 Å². The third kappa shape index (κ3) is 2.72. The van der Waals surface area contributed by atoms with E-state index < -0.39 is 17.6 Å². The Morgan fingerprint density at radius 3 is 2.39 bits per heavy atom. The number of rotatable bonds is 3. The van der Waals surface area contributed by atoms with Crippen molar-refractivity contribution in [3.05, 3.63) is 53.1 Å². The van der Waals surface area contributed by atoms with Crippen LogP contribution in [-0.4, -0.2) is 20.1 Å². The molecule has 0 aliphatic carbocycles. The van der Waals surface area contributed by atoms with Gasteiger partial charge in [-0.3, -0.25) is 4.79 Å². The highest BCUT2D eigenvalue weighted by Crippen LogP contribution is 2.43. The minimum absolute atomic E-state index is 0.0744. The molecule has 1 aliphatic heterocycles. The summed E-state index contributed by atoms with van der Waals surface area (Å²) in [6.45, 7) is 0. The molecule has 2 aromatic rings. The molecule has 0 saturated carbocycles. The quantitative estimate of drug-likeness (QED) is 0.942. The zero-order valence-corrected chi connectivity index (χ0v) is 12.7. The van der Waals surface area contributed by atoms with Crippen LogP contribution in [0.3, 0.4) is 0 Å². The fourth-order valence-electron chi connectivity index (χ4n) is 2.85. The number of ether oxygens (including phenoxy) is 2. The highest BCUT2D eigenvalue weighted by atomic mass is 19.1. The van der Waals surface area contributed by atoms with Gasteiger partial charge >= 0.3 is 0 Å². The van der Waals surface area contributed by atoms with Gasteiger partial charge < -0.3 is 14.8 Å². The van der Waals surface area contributed by atoms with Gasteiger partial charge in [0, 0.05) is 30.2 Å². The van der Waals surface area contributed by atoms with Crippen LogP contribution in [0.25, 0.3) is 0 Å². The van der Waals surface area contributed by atoms with Crippen molar-refractivity contribution in [2.45, 2.75) is 12.3 Å². The Balaban J connectivity index is 2.16. The molecule has 120 valence electrons. The van der Waals surface area contributed by atoms with Gasteiger partial charge in [0.15, 0.2) is 11.5 Å². The fraction of sp³-hybridized carbons (Fsp3) is 0.235. The highest BCUT2D eigenvalue weighted by Gasteiger charge is 2.30. The van der Waals surface area contributed by atoms with Crippen LogP contribution < -0.4 is 14.8 Å². The van der Waals surface area contributed by atoms with Crippen LogP contribution in [-0.2, 0) is 4.79 Å². The van der Waals surface area contributed by atoms with E-state index in [0.717, 1.165) is 6.07 Å². The number of nitrogens with one attached hydrogen (secondary N) is 1. The predicted molar refractivity (Wildman–Crippen MR) is 81.0 cm³/mol. The van der Waals surface area contributed by atoms with Crippen LogP contribution in [0.2, 0.25) is 0 Å². The van der Waals surface area contributed by atoms with Gasteiger partial charge in [0.1, 0.15) is 11.6 Å². The summed E-state index contributed by atoms with van der Waals surface area (Å²) in [6.07, 6.45) is 0.0744. The van der Waals surface area contributed by atoms with E-state index in [1.807, 2.05) is 0 Å². The lowest BCUT2D eigenvalue weighted by Gasteiger charge is -2.27. The fourth-order valence-corrected chi connectivity index (χ4v) is 2.85. The molecule has 0 bridgehead atoms. The summed E-state index contributed by atoms with van der Waals surface area (Å²) in [5.41, 5.74) is 1.51. The standard InChI is InChI=1S/C17H15F2NO3/c1-22-15-6-12-11(10-4-3-9(18)5-13(10)19)7-17(21)20-14(12)8-16(15)23-2/h3-6,8,11H,7H2,1-2H3,(H,20,21)/t11-/m1/s1. The maximum atomic E-state index is 14.2. The summed E-state index contributed by atoms with van der Waals surface area (Å²) in [7, 11) is 2.99. The van der Waals surface area contributed by atoms with Crippen LogP contribution in [0, 0.1) is 11.6 Å². The van der Waals surface area contributed by atoms with E-state index in [-0.39, 0.29) is 17.9 Å². The van der Waals surface area contributed by atoms with E-state index in [4.69, 9.17) is 9.47 Å². The molecule has 6 heteroatoms. The maximum absolute atomic E-state index is 14.2. The summed E-state index contributed by atoms with van der Waals surface area (Å²) in [5, 5.41) is 2.75. The first kappa shape index (κ1) is 15.3. The second-order valence-corrected chi connectivity index (χ2v) is 5.27. The van der Waals surface area contributed by atoms with E-state index in [9.17, 15) is 13.6 Å². The first-order chi connectivity index (χ1) is 11.0. The van der Waals surface area contributed by atoms with Gasteiger partial charge in [-0.1, -0.05) is 6.07 Å². The Hall–Kier alpha value is -2.63. The van der Waals surface area contributed by atoms with Gasteiger partial charge in [-0.25, -0.2) is 8.78 Å². The molecular weight excluding hydrogens is 304 g/mol. The summed E-state index contributed by atoms with van der Waals surface area (Å²) >= 11 is 0. The Morgan fingerprint density at radius 2 is 1.74 bits per heavy atom. The molecule has 1 heterocycles. The molecule has 2 aromatic carbocycles. The number of amides is 1. The molecule has 0 radical (unpaired) electrons. The van der Waals surface area contributed by atoms with Gasteiger partial charge in [0.25, 0.3) is 0 Å².